The molecule has 5 nitrogen and oxygen atoms in total. The molecule has 102 valence electrons. The van der Waals surface area contributed by atoms with E-state index < -0.39 is 12.0 Å². The summed E-state index contributed by atoms with van der Waals surface area (Å²) in [6.45, 7) is 6.26. The standard InChI is InChI=1S/C14H19N3O2/c1-14(2,3)12(13(18)19)15-7-9-4-5-10-8-16-17-11(10)6-9/h4-6,8,12,15H,7H2,1-3H3,(H,16,17)(H,18,19)/t12-/m0/s1. The number of carbonyl (C=O) groups is 1. The van der Waals surface area contributed by atoms with Gasteiger partial charge in [-0.3, -0.25) is 15.2 Å². The summed E-state index contributed by atoms with van der Waals surface area (Å²) in [4.78, 5) is 11.3. The Morgan fingerprint density at radius 2 is 2.21 bits per heavy atom. The molecular formula is C14H19N3O2. The Bertz CT molecular complexity index is 584. The fourth-order valence-electron chi connectivity index (χ4n) is 2.08. The van der Waals surface area contributed by atoms with Crippen LogP contribution in [0, 0.1) is 5.41 Å². The minimum absolute atomic E-state index is 0.329. The number of carboxylic acid groups (broad SMARTS) is 1. The van der Waals surface area contributed by atoms with Gasteiger partial charge in [-0.15, -0.1) is 0 Å². The van der Waals surface area contributed by atoms with Crippen LogP contribution in [0.1, 0.15) is 26.3 Å². The molecule has 1 aromatic carbocycles. The van der Waals surface area contributed by atoms with Gasteiger partial charge in [-0.05, 0) is 17.0 Å². The predicted octanol–water partition coefficient (Wildman–Crippen LogP) is 2.15. The van der Waals surface area contributed by atoms with Crippen molar-refractivity contribution in [2.75, 3.05) is 0 Å². The lowest BCUT2D eigenvalue weighted by atomic mass is 9.86. The quantitative estimate of drug-likeness (QED) is 0.788. The molecule has 0 aliphatic rings. The van der Waals surface area contributed by atoms with Gasteiger partial charge in [-0.25, -0.2) is 0 Å². The van der Waals surface area contributed by atoms with E-state index in [0.717, 1.165) is 16.5 Å². The van der Waals surface area contributed by atoms with Crippen molar-refractivity contribution in [2.45, 2.75) is 33.4 Å². The van der Waals surface area contributed by atoms with Crippen molar-refractivity contribution >= 4 is 16.9 Å². The van der Waals surface area contributed by atoms with Gasteiger partial charge in [0.1, 0.15) is 6.04 Å². The van der Waals surface area contributed by atoms with Crippen molar-refractivity contribution in [1.29, 1.82) is 0 Å². The van der Waals surface area contributed by atoms with E-state index in [1.807, 2.05) is 39.0 Å². The Morgan fingerprint density at radius 3 is 2.84 bits per heavy atom. The van der Waals surface area contributed by atoms with Crippen molar-refractivity contribution in [2.24, 2.45) is 5.41 Å². The van der Waals surface area contributed by atoms with E-state index >= 15 is 0 Å². The van der Waals surface area contributed by atoms with Gasteiger partial charge in [0.15, 0.2) is 0 Å². The highest BCUT2D eigenvalue weighted by atomic mass is 16.4. The number of aromatic amines is 1. The first-order valence-electron chi connectivity index (χ1n) is 6.26. The zero-order valence-electron chi connectivity index (χ0n) is 11.4. The summed E-state index contributed by atoms with van der Waals surface area (Å²) in [5, 5.41) is 20.3. The average Bonchev–Trinajstić information content (AvgIpc) is 2.73. The zero-order valence-corrected chi connectivity index (χ0v) is 11.4. The molecule has 2 aromatic rings. The van der Waals surface area contributed by atoms with Crippen LogP contribution in [0.4, 0.5) is 0 Å². The third-order valence-electron chi connectivity index (χ3n) is 3.13. The Balaban J connectivity index is 2.10. The molecule has 3 N–H and O–H groups in total. The van der Waals surface area contributed by atoms with Crippen LogP contribution in [0.5, 0.6) is 0 Å². The first-order chi connectivity index (χ1) is 8.88. The summed E-state index contributed by atoms with van der Waals surface area (Å²) in [7, 11) is 0. The lowest BCUT2D eigenvalue weighted by molar-refractivity contribution is -0.142. The fourth-order valence-corrected chi connectivity index (χ4v) is 2.08. The number of carboxylic acids is 1. The summed E-state index contributed by atoms with van der Waals surface area (Å²) >= 11 is 0. The number of hydrogen-bond donors (Lipinski definition) is 3. The van der Waals surface area contributed by atoms with Crippen molar-refractivity contribution in [3.05, 3.63) is 30.0 Å². The lowest BCUT2D eigenvalue weighted by Crippen LogP contribution is -2.46. The number of rotatable bonds is 4. The highest BCUT2D eigenvalue weighted by molar-refractivity contribution is 5.78. The third kappa shape index (κ3) is 3.12. The van der Waals surface area contributed by atoms with Gasteiger partial charge in [-0.1, -0.05) is 32.9 Å². The molecular weight excluding hydrogens is 242 g/mol. The minimum atomic E-state index is -0.824. The van der Waals surface area contributed by atoms with E-state index in [1.54, 1.807) is 6.20 Å². The molecule has 0 unspecified atom stereocenters. The highest BCUT2D eigenvalue weighted by Gasteiger charge is 2.30. The number of H-pyrrole nitrogens is 1. The van der Waals surface area contributed by atoms with Crippen LogP contribution in [-0.4, -0.2) is 27.3 Å². The Labute approximate surface area is 112 Å². The molecule has 0 saturated carbocycles. The molecule has 0 saturated heterocycles. The zero-order chi connectivity index (χ0) is 14.0. The number of aromatic nitrogens is 2. The lowest BCUT2D eigenvalue weighted by Gasteiger charge is -2.28. The van der Waals surface area contributed by atoms with Gasteiger partial charge in [0, 0.05) is 11.9 Å². The largest absolute Gasteiger partial charge is 0.480 e. The van der Waals surface area contributed by atoms with E-state index in [0.29, 0.717) is 6.54 Å². The number of hydrogen-bond acceptors (Lipinski definition) is 3. The highest BCUT2D eigenvalue weighted by Crippen LogP contribution is 2.20. The Kier molecular flexibility index (Phi) is 3.57. The van der Waals surface area contributed by atoms with Crippen LogP contribution in [0.15, 0.2) is 24.4 Å². The second-order valence-electron chi connectivity index (χ2n) is 5.81. The number of aliphatic carboxylic acids is 1. The second kappa shape index (κ2) is 5.01. The molecule has 2 rings (SSSR count). The molecule has 1 heterocycles. The number of nitrogens with zero attached hydrogens (tertiary/aromatic N) is 1. The van der Waals surface area contributed by atoms with Crippen molar-refractivity contribution in [1.82, 2.24) is 15.5 Å². The average molecular weight is 261 g/mol. The summed E-state index contributed by atoms with van der Waals surface area (Å²) in [6, 6.07) is 5.36. The van der Waals surface area contributed by atoms with E-state index in [9.17, 15) is 9.90 Å². The Hall–Kier alpha value is -1.88. The van der Waals surface area contributed by atoms with Gasteiger partial charge in [0.05, 0.1) is 11.7 Å². The topological polar surface area (TPSA) is 78.0 Å². The van der Waals surface area contributed by atoms with E-state index in [2.05, 4.69) is 15.5 Å². The van der Waals surface area contributed by atoms with Gasteiger partial charge >= 0.3 is 5.97 Å². The third-order valence-corrected chi connectivity index (χ3v) is 3.13. The van der Waals surface area contributed by atoms with Gasteiger partial charge in [0.25, 0.3) is 0 Å². The van der Waals surface area contributed by atoms with Crippen molar-refractivity contribution in [3.8, 4) is 0 Å². The number of benzene rings is 1. The fraction of sp³-hybridized carbons (Fsp3) is 0.429. The van der Waals surface area contributed by atoms with Crippen LogP contribution in [0.25, 0.3) is 10.9 Å². The van der Waals surface area contributed by atoms with Crippen molar-refractivity contribution < 1.29 is 9.90 Å². The summed E-state index contributed by atoms with van der Waals surface area (Å²) in [6.07, 6.45) is 1.77. The van der Waals surface area contributed by atoms with Crippen LogP contribution >= 0.6 is 0 Å². The van der Waals surface area contributed by atoms with Gasteiger partial charge in [0.2, 0.25) is 0 Å². The molecule has 1 aromatic heterocycles. The molecule has 0 radical (unpaired) electrons. The summed E-state index contributed by atoms with van der Waals surface area (Å²) in [5.41, 5.74) is 1.67. The molecule has 19 heavy (non-hydrogen) atoms. The first kappa shape index (κ1) is 13.5. The van der Waals surface area contributed by atoms with Gasteiger partial charge in [-0.2, -0.15) is 5.10 Å². The molecule has 0 aliphatic heterocycles. The molecule has 0 spiro atoms. The summed E-state index contributed by atoms with van der Waals surface area (Å²) in [5.74, 6) is -0.824. The smallest absolute Gasteiger partial charge is 0.321 e. The molecule has 5 heteroatoms. The van der Waals surface area contributed by atoms with Crippen LogP contribution in [0.3, 0.4) is 0 Å². The monoisotopic (exact) mass is 261 g/mol. The maximum Gasteiger partial charge on any atom is 0.321 e. The predicted molar refractivity (Wildman–Crippen MR) is 73.8 cm³/mol. The number of nitrogens with one attached hydrogen (secondary N) is 2. The normalized spacial score (nSPS) is 13.6. The number of fused-ring (bicyclic) bond motifs is 1. The second-order valence-corrected chi connectivity index (χ2v) is 5.81. The summed E-state index contributed by atoms with van der Waals surface area (Å²) < 4.78 is 0. The molecule has 0 fully saturated rings. The molecule has 0 amide bonds. The van der Waals surface area contributed by atoms with Crippen LogP contribution < -0.4 is 5.32 Å². The van der Waals surface area contributed by atoms with E-state index in [4.69, 9.17) is 0 Å². The van der Waals surface area contributed by atoms with Crippen molar-refractivity contribution in [3.63, 3.8) is 0 Å². The van der Waals surface area contributed by atoms with E-state index in [-0.39, 0.29) is 5.41 Å². The first-order valence-corrected chi connectivity index (χ1v) is 6.26. The Morgan fingerprint density at radius 1 is 1.47 bits per heavy atom. The molecule has 0 aliphatic carbocycles. The van der Waals surface area contributed by atoms with Crippen LogP contribution in [-0.2, 0) is 11.3 Å². The molecule has 0 bridgehead atoms. The minimum Gasteiger partial charge on any atom is -0.480 e. The maximum atomic E-state index is 11.3. The SMILES string of the molecule is CC(C)(C)[C@@H](NCc1ccc2cn[nH]c2c1)C(=O)O. The van der Waals surface area contributed by atoms with E-state index in [1.165, 1.54) is 0 Å². The maximum absolute atomic E-state index is 11.3. The van der Waals surface area contributed by atoms with Gasteiger partial charge < -0.3 is 5.11 Å². The van der Waals surface area contributed by atoms with Crippen LogP contribution in [0.2, 0.25) is 0 Å². The molecule has 1 atom stereocenters.